The molecule has 0 amide bonds. The van der Waals surface area contributed by atoms with Crippen molar-refractivity contribution in [3.05, 3.63) is 64.5 Å². The third-order valence-corrected chi connectivity index (χ3v) is 6.36. The van der Waals surface area contributed by atoms with Crippen molar-refractivity contribution in [2.24, 2.45) is 5.73 Å². The fraction of sp³-hybridized carbons (Fsp3) is 0.308. The third kappa shape index (κ3) is 3.68. The van der Waals surface area contributed by atoms with E-state index in [1.807, 2.05) is 34.9 Å². The molecule has 0 spiro atoms. The van der Waals surface area contributed by atoms with Crippen LogP contribution in [0.5, 0.6) is 0 Å². The second-order valence-electron chi connectivity index (χ2n) is 8.53. The van der Waals surface area contributed by atoms with Gasteiger partial charge in [-0.15, -0.1) is 5.92 Å². The Hall–Kier alpha value is -4.14. The number of hydrogen-bond donors (Lipinski definition) is 1. The van der Waals surface area contributed by atoms with E-state index in [9.17, 15) is 10.1 Å². The monoisotopic (exact) mass is 451 g/mol. The molecule has 5 rings (SSSR count). The average molecular weight is 452 g/mol. The first-order valence-electron chi connectivity index (χ1n) is 11.4. The van der Waals surface area contributed by atoms with Gasteiger partial charge >= 0.3 is 0 Å². The molecule has 0 aliphatic carbocycles. The standard InChI is InChI=1S/C26H25N7O/c1-2-3-13-33-24-23(21(14-27)25(33)31-12-6-8-19(28)15-31)30-17-32(26(24)34)16-22-20-9-5-4-7-18(20)10-11-29-22/h4-5,7,9-11,17,19H,6,8,12-13,15-16,28H2,1H3/t19-/m1/s1. The summed E-state index contributed by atoms with van der Waals surface area (Å²) in [4.78, 5) is 25.0. The van der Waals surface area contributed by atoms with Gasteiger partial charge < -0.3 is 15.2 Å². The van der Waals surface area contributed by atoms with E-state index in [0.29, 0.717) is 35.5 Å². The quantitative estimate of drug-likeness (QED) is 0.478. The molecule has 0 radical (unpaired) electrons. The summed E-state index contributed by atoms with van der Waals surface area (Å²) in [5, 5.41) is 12.1. The molecule has 1 saturated heterocycles. The molecular weight excluding hydrogens is 426 g/mol. The molecule has 8 heteroatoms. The zero-order chi connectivity index (χ0) is 23.7. The summed E-state index contributed by atoms with van der Waals surface area (Å²) in [6.07, 6.45) is 5.13. The lowest BCUT2D eigenvalue weighted by atomic mass is 10.1. The number of piperidine rings is 1. The van der Waals surface area contributed by atoms with Crippen LogP contribution < -0.4 is 16.2 Å². The molecule has 1 aromatic carbocycles. The van der Waals surface area contributed by atoms with Crippen LogP contribution in [-0.2, 0) is 13.1 Å². The van der Waals surface area contributed by atoms with Gasteiger partial charge in [0.15, 0.2) is 0 Å². The normalized spacial score (nSPS) is 15.8. The first-order valence-corrected chi connectivity index (χ1v) is 11.4. The van der Waals surface area contributed by atoms with Gasteiger partial charge in [0.1, 0.15) is 28.5 Å². The smallest absolute Gasteiger partial charge is 0.278 e. The number of aromatic nitrogens is 4. The minimum Gasteiger partial charge on any atom is -0.355 e. The lowest BCUT2D eigenvalue weighted by Crippen LogP contribution is -2.44. The molecule has 8 nitrogen and oxygen atoms in total. The van der Waals surface area contributed by atoms with Crippen LogP contribution in [0.3, 0.4) is 0 Å². The second kappa shape index (κ2) is 9.01. The van der Waals surface area contributed by atoms with E-state index in [1.165, 1.54) is 6.33 Å². The van der Waals surface area contributed by atoms with Gasteiger partial charge in [-0.25, -0.2) is 4.98 Å². The van der Waals surface area contributed by atoms with Crippen molar-refractivity contribution >= 4 is 27.6 Å². The summed E-state index contributed by atoms with van der Waals surface area (Å²) in [7, 11) is 0. The number of nitriles is 1. The Morgan fingerprint density at radius 2 is 2.09 bits per heavy atom. The maximum Gasteiger partial charge on any atom is 0.278 e. The Morgan fingerprint density at radius 1 is 1.24 bits per heavy atom. The molecule has 4 heterocycles. The Bertz CT molecular complexity index is 1540. The van der Waals surface area contributed by atoms with Gasteiger partial charge in [0, 0.05) is 30.7 Å². The van der Waals surface area contributed by atoms with Crippen LogP contribution in [0.25, 0.3) is 21.8 Å². The lowest BCUT2D eigenvalue weighted by Gasteiger charge is -2.33. The number of rotatable bonds is 4. The molecule has 1 fully saturated rings. The summed E-state index contributed by atoms with van der Waals surface area (Å²) in [6, 6.07) is 12.2. The maximum absolute atomic E-state index is 13.8. The molecule has 34 heavy (non-hydrogen) atoms. The van der Waals surface area contributed by atoms with Gasteiger partial charge in [0.05, 0.1) is 25.1 Å². The summed E-state index contributed by atoms with van der Waals surface area (Å²) in [5.74, 6) is 6.65. The molecule has 1 aliphatic heterocycles. The van der Waals surface area contributed by atoms with Crippen molar-refractivity contribution in [1.82, 2.24) is 19.1 Å². The third-order valence-electron chi connectivity index (χ3n) is 6.36. The number of benzene rings is 1. The van der Waals surface area contributed by atoms with Crippen LogP contribution in [0.1, 0.15) is 31.0 Å². The van der Waals surface area contributed by atoms with Crippen molar-refractivity contribution in [2.45, 2.75) is 38.9 Å². The summed E-state index contributed by atoms with van der Waals surface area (Å²) in [6.45, 7) is 3.73. The van der Waals surface area contributed by atoms with Crippen LogP contribution in [-0.4, -0.2) is 38.2 Å². The van der Waals surface area contributed by atoms with Gasteiger partial charge in [-0.05, 0) is 31.2 Å². The number of anilines is 1. The molecule has 0 bridgehead atoms. The fourth-order valence-corrected chi connectivity index (χ4v) is 4.78. The molecule has 0 unspecified atom stereocenters. The topological polar surface area (TPSA) is 106 Å². The highest BCUT2D eigenvalue weighted by molar-refractivity contribution is 5.89. The highest BCUT2D eigenvalue weighted by Crippen LogP contribution is 2.31. The Kier molecular flexibility index (Phi) is 5.75. The van der Waals surface area contributed by atoms with E-state index in [0.717, 1.165) is 35.9 Å². The average Bonchev–Trinajstić information content (AvgIpc) is 3.18. The highest BCUT2D eigenvalue weighted by atomic mass is 16.1. The molecule has 2 N–H and O–H groups in total. The first kappa shape index (κ1) is 21.7. The molecular formula is C26H25N7O. The van der Waals surface area contributed by atoms with Gasteiger partial charge in [0.25, 0.3) is 5.56 Å². The van der Waals surface area contributed by atoms with Crippen LogP contribution in [0.2, 0.25) is 0 Å². The van der Waals surface area contributed by atoms with Crippen LogP contribution in [0.15, 0.2) is 47.7 Å². The van der Waals surface area contributed by atoms with Gasteiger partial charge in [-0.3, -0.25) is 14.3 Å². The van der Waals surface area contributed by atoms with Crippen LogP contribution >= 0.6 is 0 Å². The Labute approximate surface area is 197 Å². The zero-order valence-electron chi connectivity index (χ0n) is 19.0. The largest absolute Gasteiger partial charge is 0.355 e. The number of hydrogen-bond acceptors (Lipinski definition) is 6. The van der Waals surface area contributed by atoms with Crippen molar-refractivity contribution in [3.8, 4) is 17.9 Å². The van der Waals surface area contributed by atoms with E-state index in [1.54, 1.807) is 17.7 Å². The zero-order valence-corrected chi connectivity index (χ0v) is 19.0. The summed E-state index contributed by atoms with van der Waals surface area (Å²) < 4.78 is 3.39. The second-order valence-corrected chi connectivity index (χ2v) is 8.53. The van der Waals surface area contributed by atoms with Crippen molar-refractivity contribution < 1.29 is 0 Å². The minimum absolute atomic E-state index is 0.0195. The molecule has 0 saturated carbocycles. The summed E-state index contributed by atoms with van der Waals surface area (Å²) >= 11 is 0. The number of fused-ring (bicyclic) bond motifs is 2. The number of nitrogens with zero attached hydrogens (tertiary/aromatic N) is 6. The van der Waals surface area contributed by atoms with E-state index in [2.05, 4.69) is 32.8 Å². The van der Waals surface area contributed by atoms with E-state index in [4.69, 9.17) is 5.73 Å². The minimum atomic E-state index is -0.221. The van der Waals surface area contributed by atoms with E-state index >= 15 is 0 Å². The molecule has 3 aromatic heterocycles. The number of nitrogens with two attached hydrogens (primary N) is 1. The fourth-order valence-electron chi connectivity index (χ4n) is 4.78. The molecule has 1 aliphatic rings. The van der Waals surface area contributed by atoms with Crippen LogP contribution in [0.4, 0.5) is 5.82 Å². The predicted octanol–water partition coefficient (Wildman–Crippen LogP) is 2.62. The maximum atomic E-state index is 13.8. The first-order chi connectivity index (χ1) is 16.6. The van der Waals surface area contributed by atoms with Crippen molar-refractivity contribution in [1.29, 1.82) is 5.26 Å². The number of pyridine rings is 1. The van der Waals surface area contributed by atoms with Gasteiger partial charge in [-0.2, -0.15) is 5.26 Å². The van der Waals surface area contributed by atoms with Gasteiger partial charge in [-0.1, -0.05) is 30.2 Å². The van der Waals surface area contributed by atoms with Crippen molar-refractivity contribution in [2.75, 3.05) is 18.0 Å². The van der Waals surface area contributed by atoms with E-state index < -0.39 is 0 Å². The Morgan fingerprint density at radius 3 is 2.88 bits per heavy atom. The summed E-state index contributed by atoms with van der Waals surface area (Å²) in [5.41, 5.74) is 7.99. The molecule has 1 atom stereocenters. The van der Waals surface area contributed by atoms with Crippen LogP contribution in [0, 0.1) is 23.2 Å². The molecule has 4 aromatic rings. The van der Waals surface area contributed by atoms with E-state index in [-0.39, 0.29) is 18.1 Å². The van der Waals surface area contributed by atoms with Gasteiger partial charge in [0.2, 0.25) is 0 Å². The molecule has 170 valence electrons. The SMILES string of the molecule is CC#CCn1c(N2CCC[C@@H](N)C2)c(C#N)c2ncn(Cc3nccc4ccccc34)c(=O)c21. The lowest BCUT2D eigenvalue weighted by molar-refractivity contribution is 0.499. The van der Waals surface area contributed by atoms with Crippen molar-refractivity contribution in [3.63, 3.8) is 0 Å². The predicted molar refractivity (Wildman–Crippen MR) is 132 cm³/mol. The highest BCUT2D eigenvalue weighted by Gasteiger charge is 2.28. The Balaban J connectivity index is 1.69.